The molecule has 2 N–H and O–H groups in total. The summed E-state index contributed by atoms with van der Waals surface area (Å²) >= 11 is 0. The molecular formula is C19H21N3O2. The molecule has 0 radical (unpaired) electrons. The number of benzene rings is 1. The maximum absolute atomic E-state index is 12.1. The quantitative estimate of drug-likeness (QED) is 0.674. The Labute approximate surface area is 141 Å². The topological polar surface area (TPSA) is 71.1 Å². The van der Waals surface area contributed by atoms with Crippen LogP contribution in [0.15, 0.2) is 42.5 Å². The van der Waals surface area contributed by atoms with E-state index in [1.165, 1.54) is 0 Å². The van der Waals surface area contributed by atoms with E-state index in [0.717, 1.165) is 30.3 Å². The number of pyridine rings is 1. The van der Waals surface area contributed by atoms with Crippen molar-refractivity contribution in [2.45, 2.75) is 26.2 Å². The number of carbonyl (C=O) groups is 2. The van der Waals surface area contributed by atoms with E-state index in [9.17, 15) is 9.59 Å². The van der Waals surface area contributed by atoms with Crippen LogP contribution in [0.4, 0.5) is 5.69 Å². The second-order valence-corrected chi connectivity index (χ2v) is 6.14. The Morgan fingerprint density at radius 1 is 1.17 bits per heavy atom. The predicted molar refractivity (Wildman–Crippen MR) is 94.6 cm³/mol. The first-order chi connectivity index (χ1) is 11.6. The average molecular weight is 323 g/mol. The highest BCUT2D eigenvalue weighted by atomic mass is 16.2. The largest absolute Gasteiger partial charge is 0.348 e. The van der Waals surface area contributed by atoms with Crippen LogP contribution in [0.2, 0.25) is 0 Å². The molecule has 3 rings (SSSR count). The highest BCUT2D eigenvalue weighted by Gasteiger charge is 2.17. The summed E-state index contributed by atoms with van der Waals surface area (Å²) in [7, 11) is 0. The predicted octanol–water partition coefficient (Wildman–Crippen LogP) is 2.95. The molecule has 2 aromatic rings. The molecule has 0 unspecified atom stereocenters. The smallest absolute Gasteiger partial charge is 0.313 e. The van der Waals surface area contributed by atoms with Crippen LogP contribution in [0.1, 0.15) is 25.0 Å². The number of carbonyl (C=O) groups excluding carboxylic acids is 2. The maximum Gasteiger partial charge on any atom is 0.313 e. The molecule has 124 valence electrons. The summed E-state index contributed by atoms with van der Waals surface area (Å²) in [5, 5.41) is 6.32. The molecule has 1 aliphatic carbocycles. The number of para-hydroxylation sites is 1. The molecular weight excluding hydrogens is 302 g/mol. The molecule has 5 nitrogen and oxygen atoms in total. The van der Waals surface area contributed by atoms with E-state index >= 15 is 0 Å². The zero-order chi connectivity index (χ0) is 16.9. The summed E-state index contributed by atoms with van der Waals surface area (Å²) in [4.78, 5) is 28.6. The first-order valence-corrected chi connectivity index (χ1v) is 8.24. The number of amides is 2. The zero-order valence-corrected chi connectivity index (χ0v) is 13.7. The second kappa shape index (κ2) is 7.25. The first kappa shape index (κ1) is 16.2. The number of aromatic nitrogens is 1. The average Bonchev–Trinajstić information content (AvgIpc) is 2.61. The van der Waals surface area contributed by atoms with Gasteiger partial charge in [0.2, 0.25) is 0 Å². The fraction of sp³-hybridized carbons (Fsp3) is 0.316. The number of nitrogens with zero attached hydrogens (tertiary/aromatic N) is 1. The Morgan fingerprint density at radius 2 is 2.04 bits per heavy atom. The van der Waals surface area contributed by atoms with E-state index < -0.39 is 11.8 Å². The van der Waals surface area contributed by atoms with Gasteiger partial charge in [0.15, 0.2) is 0 Å². The van der Waals surface area contributed by atoms with Crippen molar-refractivity contribution in [1.29, 1.82) is 0 Å². The van der Waals surface area contributed by atoms with E-state index in [1.807, 2.05) is 31.2 Å². The third-order valence-corrected chi connectivity index (χ3v) is 4.24. The molecule has 1 heterocycles. The van der Waals surface area contributed by atoms with E-state index in [4.69, 9.17) is 0 Å². The van der Waals surface area contributed by atoms with E-state index in [2.05, 4.69) is 27.8 Å². The van der Waals surface area contributed by atoms with Crippen LogP contribution in [0.25, 0.3) is 10.9 Å². The lowest BCUT2D eigenvalue weighted by atomic mass is 9.94. The number of aryl methyl sites for hydroxylation is 1. The number of anilines is 1. The number of rotatable bonds is 3. The summed E-state index contributed by atoms with van der Waals surface area (Å²) < 4.78 is 0. The Kier molecular flexibility index (Phi) is 4.89. The van der Waals surface area contributed by atoms with Gasteiger partial charge >= 0.3 is 11.8 Å². The van der Waals surface area contributed by atoms with Gasteiger partial charge in [-0.15, -0.1) is 0 Å². The monoisotopic (exact) mass is 323 g/mol. The molecule has 2 amide bonds. The van der Waals surface area contributed by atoms with Crippen molar-refractivity contribution in [2.24, 2.45) is 5.92 Å². The van der Waals surface area contributed by atoms with Crippen molar-refractivity contribution >= 4 is 28.4 Å². The van der Waals surface area contributed by atoms with E-state index in [-0.39, 0.29) is 0 Å². The molecule has 24 heavy (non-hydrogen) atoms. The standard InChI is InChI=1S/C19H21N3O2/c1-13-10-11-15-8-5-9-16(17(15)21-13)22-19(24)18(23)20-12-14-6-3-2-4-7-14/h2-3,5,8-11,14H,4,6-7,12H2,1H3,(H,20,23)(H,22,24)/t14-/m0/s1. The molecule has 0 fully saturated rings. The second-order valence-electron chi connectivity index (χ2n) is 6.14. The third-order valence-electron chi connectivity index (χ3n) is 4.24. The molecule has 0 saturated carbocycles. The van der Waals surface area contributed by atoms with Gasteiger partial charge in [0, 0.05) is 17.6 Å². The van der Waals surface area contributed by atoms with E-state index in [1.54, 1.807) is 6.07 Å². The molecule has 0 bridgehead atoms. The minimum Gasteiger partial charge on any atom is -0.348 e. The lowest BCUT2D eigenvalue weighted by molar-refractivity contribution is -0.136. The van der Waals surface area contributed by atoms with Crippen molar-refractivity contribution < 1.29 is 9.59 Å². The van der Waals surface area contributed by atoms with Crippen molar-refractivity contribution in [3.8, 4) is 0 Å². The summed E-state index contributed by atoms with van der Waals surface area (Å²) in [5.41, 5.74) is 2.10. The van der Waals surface area contributed by atoms with Crippen LogP contribution in [-0.2, 0) is 9.59 Å². The summed E-state index contributed by atoms with van der Waals surface area (Å²) in [5.74, 6) is -0.847. The highest BCUT2D eigenvalue weighted by Crippen LogP contribution is 2.21. The molecule has 0 saturated heterocycles. The summed E-state index contributed by atoms with van der Waals surface area (Å²) in [6, 6.07) is 9.38. The number of nitrogens with one attached hydrogen (secondary N) is 2. The van der Waals surface area contributed by atoms with Gasteiger partial charge in [-0.3, -0.25) is 14.6 Å². The Balaban J connectivity index is 1.65. The molecule has 0 spiro atoms. The lowest BCUT2D eigenvalue weighted by Crippen LogP contribution is -2.38. The SMILES string of the molecule is Cc1ccc2cccc(NC(=O)C(=O)NC[C@H]3CC=CCC3)c2n1. The van der Waals surface area contributed by atoms with Gasteiger partial charge in [-0.1, -0.05) is 30.4 Å². The molecule has 0 aliphatic heterocycles. The van der Waals surface area contributed by atoms with Crippen LogP contribution in [0.3, 0.4) is 0 Å². The highest BCUT2D eigenvalue weighted by molar-refractivity contribution is 6.40. The normalized spacial score (nSPS) is 16.8. The van der Waals surface area contributed by atoms with Crippen LogP contribution < -0.4 is 10.6 Å². The Hall–Kier alpha value is -2.69. The number of hydrogen-bond donors (Lipinski definition) is 2. The van der Waals surface area contributed by atoms with Crippen molar-refractivity contribution in [1.82, 2.24) is 10.3 Å². The zero-order valence-electron chi connectivity index (χ0n) is 13.7. The Morgan fingerprint density at radius 3 is 2.83 bits per heavy atom. The van der Waals surface area contributed by atoms with Gasteiger partial charge in [0.1, 0.15) is 0 Å². The fourth-order valence-electron chi connectivity index (χ4n) is 2.88. The number of hydrogen-bond acceptors (Lipinski definition) is 3. The molecule has 1 aromatic heterocycles. The summed E-state index contributed by atoms with van der Waals surface area (Å²) in [6.07, 6.45) is 7.32. The number of allylic oxidation sites excluding steroid dienone is 2. The van der Waals surface area contributed by atoms with E-state index in [0.29, 0.717) is 23.7 Å². The number of fused-ring (bicyclic) bond motifs is 1. The van der Waals surface area contributed by atoms with Gasteiger partial charge in [-0.2, -0.15) is 0 Å². The van der Waals surface area contributed by atoms with Crippen LogP contribution >= 0.6 is 0 Å². The maximum atomic E-state index is 12.1. The molecule has 1 aromatic carbocycles. The van der Waals surface area contributed by atoms with Crippen molar-refractivity contribution in [3.05, 3.63) is 48.2 Å². The minimum absolute atomic E-state index is 0.411. The first-order valence-electron chi connectivity index (χ1n) is 8.24. The van der Waals surface area contributed by atoms with Gasteiger partial charge in [-0.25, -0.2) is 0 Å². The van der Waals surface area contributed by atoms with Crippen molar-refractivity contribution in [3.63, 3.8) is 0 Å². The van der Waals surface area contributed by atoms with Crippen LogP contribution in [-0.4, -0.2) is 23.3 Å². The van der Waals surface area contributed by atoms with Gasteiger partial charge < -0.3 is 10.6 Å². The third kappa shape index (κ3) is 3.79. The van der Waals surface area contributed by atoms with Crippen LogP contribution in [0.5, 0.6) is 0 Å². The fourth-order valence-corrected chi connectivity index (χ4v) is 2.88. The van der Waals surface area contributed by atoms with Gasteiger partial charge in [0.25, 0.3) is 0 Å². The molecule has 1 aliphatic rings. The Bertz CT molecular complexity index is 798. The summed E-state index contributed by atoms with van der Waals surface area (Å²) in [6.45, 7) is 2.42. The molecule has 1 atom stereocenters. The minimum atomic E-state index is -0.655. The lowest BCUT2D eigenvalue weighted by Gasteiger charge is -2.17. The van der Waals surface area contributed by atoms with Gasteiger partial charge in [-0.05, 0) is 44.2 Å². The molecule has 5 heteroatoms. The van der Waals surface area contributed by atoms with Crippen LogP contribution in [0, 0.1) is 12.8 Å². The van der Waals surface area contributed by atoms with Gasteiger partial charge in [0.05, 0.1) is 11.2 Å². The van der Waals surface area contributed by atoms with Crippen molar-refractivity contribution in [2.75, 3.05) is 11.9 Å².